The van der Waals surface area contributed by atoms with Crippen molar-refractivity contribution in [2.24, 2.45) is 29.1 Å². The molecule has 0 aromatic carbocycles. The number of nitriles is 1. The minimum absolute atomic E-state index is 0.0466. The van der Waals surface area contributed by atoms with E-state index in [1.165, 1.54) is 38.5 Å². The smallest absolute Gasteiger partial charge is 0.221 e. The van der Waals surface area contributed by atoms with Gasteiger partial charge in [0, 0.05) is 12.5 Å². The number of amides is 1. The maximum atomic E-state index is 12.1. The molecule has 0 aromatic rings. The molecule has 0 aromatic heterocycles. The monoisotopic (exact) mass is 272 g/mol. The molecule has 5 saturated carbocycles. The molecule has 20 heavy (non-hydrogen) atoms. The molecule has 108 valence electrons. The molecule has 3 nitrogen and oxygen atoms in total. The summed E-state index contributed by atoms with van der Waals surface area (Å²) in [5.41, 5.74) is 0.185. The predicted octanol–water partition coefficient (Wildman–Crippen LogP) is 3.01. The molecule has 0 heterocycles. The van der Waals surface area contributed by atoms with Crippen molar-refractivity contribution < 1.29 is 4.79 Å². The van der Waals surface area contributed by atoms with Gasteiger partial charge in [-0.25, -0.2) is 0 Å². The highest BCUT2D eigenvalue weighted by Gasteiger charge is 2.54. The highest BCUT2D eigenvalue weighted by atomic mass is 16.1. The highest BCUT2D eigenvalue weighted by molar-refractivity contribution is 5.77. The summed E-state index contributed by atoms with van der Waals surface area (Å²) < 4.78 is 0. The van der Waals surface area contributed by atoms with Gasteiger partial charge in [-0.3, -0.25) is 4.79 Å². The molecular weight excluding hydrogens is 248 g/mol. The van der Waals surface area contributed by atoms with Gasteiger partial charge in [0.15, 0.2) is 0 Å². The van der Waals surface area contributed by atoms with E-state index in [0.717, 1.165) is 30.6 Å². The van der Waals surface area contributed by atoms with Crippen molar-refractivity contribution in [1.82, 2.24) is 5.32 Å². The second kappa shape index (κ2) is 4.48. The van der Waals surface area contributed by atoms with E-state index in [4.69, 9.17) is 0 Å². The molecule has 3 heteroatoms. The van der Waals surface area contributed by atoms with Gasteiger partial charge in [0.2, 0.25) is 5.91 Å². The third-order valence-electron chi connectivity index (χ3n) is 6.31. The molecule has 5 rings (SSSR count). The summed E-state index contributed by atoms with van der Waals surface area (Å²) in [6.07, 6.45) is 10.5. The topological polar surface area (TPSA) is 52.9 Å². The molecule has 1 amide bonds. The van der Waals surface area contributed by atoms with Gasteiger partial charge in [-0.2, -0.15) is 5.26 Å². The predicted molar refractivity (Wildman–Crippen MR) is 75.5 cm³/mol. The number of hydrogen-bond donors (Lipinski definition) is 1. The molecular formula is C17H24N2O. The fourth-order valence-corrected chi connectivity index (χ4v) is 5.70. The summed E-state index contributed by atoms with van der Waals surface area (Å²) in [6, 6.07) is 2.94. The van der Waals surface area contributed by atoms with Gasteiger partial charge in [-0.15, -0.1) is 0 Å². The van der Waals surface area contributed by atoms with Crippen LogP contribution in [0.2, 0.25) is 0 Å². The van der Waals surface area contributed by atoms with Crippen LogP contribution in [-0.4, -0.2) is 11.9 Å². The Kier molecular flexibility index (Phi) is 2.84. The normalized spacial score (nSPS) is 43.0. The zero-order valence-corrected chi connectivity index (χ0v) is 12.1. The van der Waals surface area contributed by atoms with Crippen LogP contribution in [0.25, 0.3) is 0 Å². The van der Waals surface area contributed by atoms with Gasteiger partial charge in [0.05, 0.1) is 12.0 Å². The molecule has 5 aliphatic rings. The maximum absolute atomic E-state index is 12.1. The van der Waals surface area contributed by atoms with Crippen molar-refractivity contribution >= 4 is 5.91 Å². The van der Waals surface area contributed by atoms with Crippen LogP contribution in [-0.2, 0) is 4.79 Å². The van der Waals surface area contributed by atoms with Crippen LogP contribution in [0.4, 0.5) is 0 Å². The Morgan fingerprint density at radius 2 is 1.70 bits per heavy atom. The van der Waals surface area contributed by atoms with Crippen LogP contribution in [0.5, 0.6) is 0 Å². The van der Waals surface area contributed by atoms with Crippen molar-refractivity contribution in [3.63, 3.8) is 0 Å². The Labute approximate surface area is 121 Å². The molecule has 0 radical (unpaired) electrons. The van der Waals surface area contributed by atoms with Gasteiger partial charge in [0.25, 0.3) is 0 Å². The quantitative estimate of drug-likeness (QED) is 0.855. The van der Waals surface area contributed by atoms with E-state index in [2.05, 4.69) is 11.4 Å². The Morgan fingerprint density at radius 1 is 1.15 bits per heavy atom. The summed E-state index contributed by atoms with van der Waals surface area (Å²) in [5.74, 6) is 2.63. The summed E-state index contributed by atoms with van der Waals surface area (Å²) >= 11 is 0. The molecule has 0 saturated heterocycles. The molecule has 1 N–H and O–H groups in total. The van der Waals surface area contributed by atoms with E-state index in [-0.39, 0.29) is 17.2 Å². The lowest BCUT2D eigenvalue weighted by molar-refractivity contribution is -0.126. The SMILES string of the molecule is N#CC(CC(=O)NC1CC1)C12CC3CC(CC(C3)C1)C2. The van der Waals surface area contributed by atoms with E-state index < -0.39 is 0 Å². The standard InChI is InChI=1S/C17H24N2O/c18-10-14(6-16(20)19-15-1-2-15)17-7-11-3-12(8-17)5-13(4-11)9-17/h11-15H,1-9H2,(H,19,20). The molecule has 0 aliphatic heterocycles. The second-order valence-electron chi connectivity index (χ2n) is 8.01. The van der Waals surface area contributed by atoms with E-state index >= 15 is 0 Å². The lowest BCUT2D eigenvalue weighted by atomic mass is 9.46. The summed E-state index contributed by atoms with van der Waals surface area (Å²) in [5, 5.41) is 12.7. The van der Waals surface area contributed by atoms with Gasteiger partial charge in [0.1, 0.15) is 0 Å². The van der Waals surface area contributed by atoms with E-state index in [0.29, 0.717) is 12.5 Å². The summed E-state index contributed by atoms with van der Waals surface area (Å²) in [7, 11) is 0. The van der Waals surface area contributed by atoms with E-state index in [1.54, 1.807) is 0 Å². The highest BCUT2D eigenvalue weighted by Crippen LogP contribution is 2.63. The number of carbonyl (C=O) groups is 1. The van der Waals surface area contributed by atoms with E-state index in [1.807, 2.05) is 0 Å². The molecule has 5 aliphatic carbocycles. The largest absolute Gasteiger partial charge is 0.353 e. The van der Waals surface area contributed by atoms with Gasteiger partial charge in [-0.1, -0.05) is 0 Å². The zero-order chi connectivity index (χ0) is 13.7. The number of carbonyl (C=O) groups excluding carboxylic acids is 1. The van der Waals surface area contributed by atoms with Crippen LogP contribution >= 0.6 is 0 Å². The Balaban J connectivity index is 1.49. The van der Waals surface area contributed by atoms with Crippen molar-refractivity contribution in [2.75, 3.05) is 0 Å². The first-order valence-corrected chi connectivity index (χ1v) is 8.36. The molecule has 4 bridgehead atoms. The average Bonchev–Trinajstić information content (AvgIpc) is 3.18. The first kappa shape index (κ1) is 12.7. The maximum Gasteiger partial charge on any atom is 0.221 e. The average molecular weight is 272 g/mol. The molecule has 1 unspecified atom stereocenters. The summed E-state index contributed by atoms with van der Waals surface area (Å²) in [6.45, 7) is 0. The Morgan fingerprint density at radius 3 is 2.15 bits per heavy atom. The minimum atomic E-state index is -0.0466. The van der Waals surface area contributed by atoms with E-state index in [9.17, 15) is 10.1 Å². The summed E-state index contributed by atoms with van der Waals surface area (Å²) in [4.78, 5) is 12.1. The van der Waals surface area contributed by atoms with Gasteiger partial charge < -0.3 is 5.32 Å². The Hall–Kier alpha value is -1.04. The molecule has 5 fully saturated rings. The van der Waals surface area contributed by atoms with Crippen LogP contribution in [0.15, 0.2) is 0 Å². The van der Waals surface area contributed by atoms with Crippen molar-refractivity contribution in [3.8, 4) is 6.07 Å². The number of nitrogens with zero attached hydrogens (tertiary/aromatic N) is 1. The third kappa shape index (κ3) is 2.14. The Bertz CT molecular complexity index is 425. The molecule has 1 atom stereocenters. The lowest BCUT2D eigenvalue weighted by Crippen LogP contribution is -2.50. The fourth-order valence-electron chi connectivity index (χ4n) is 5.70. The van der Waals surface area contributed by atoms with Crippen LogP contribution in [0, 0.1) is 40.4 Å². The second-order valence-corrected chi connectivity index (χ2v) is 8.01. The fraction of sp³-hybridized carbons (Fsp3) is 0.882. The van der Waals surface area contributed by atoms with Crippen molar-refractivity contribution in [2.45, 2.75) is 63.8 Å². The number of nitrogens with one attached hydrogen (secondary N) is 1. The van der Waals surface area contributed by atoms with Crippen LogP contribution in [0.3, 0.4) is 0 Å². The van der Waals surface area contributed by atoms with Crippen LogP contribution in [0.1, 0.15) is 57.8 Å². The number of hydrogen-bond acceptors (Lipinski definition) is 2. The van der Waals surface area contributed by atoms with Crippen LogP contribution < -0.4 is 5.32 Å². The third-order valence-corrected chi connectivity index (χ3v) is 6.31. The van der Waals surface area contributed by atoms with Crippen molar-refractivity contribution in [1.29, 1.82) is 5.26 Å². The van der Waals surface area contributed by atoms with Gasteiger partial charge >= 0.3 is 0 Å². The lowest BCUT2D eigenvalue weighted by Gasteiger charge is -2.58. The first-order valence-electron chi connectivity index (χ1n) is 8.36. The zero-order valence-electron chi connectivity index (χ0n) is 12.1. The number of rotatable bonds is 4. The minimum Gasteiger partial charge on any atom is -0.353 e. The van der Waals surface area contributed by atoms with Gasteiger partial charge in [-0.05, 0) is 74.5 Å². The molecule has 0 spiro atoms. The first-order chi connectivity index (χ1) is 9.67. The van der Waals surface area contributed by atoms with Crippen molar-refractivity contribution in [3.05, 3.63) is 0 Å².